The molecule has 0 saturated carbocycles. The highest BCUT2D eigenvalue weighted by atomic mass is 35.5. The zero-order chi connectivity index (χ0) is 13.2. The number of benzene rings is 1. The predicted molar refractivity (Wildman–Crippen MR) is 78.4 cm³/mol. The molecule has 1 rings (SSSR count). The molecule has 0 amide bonds. The lowest BCUT2D eigenvalue weighted by molar-refractivity contribution is 0.302. The quantitative estimate of drug-likeness (QED) is 0.535. The number of halogens is 1. The third-order valence-corrected chi connectivity index (χ3v) is 2.94. The summed E-state index contributed by atoms with van der Waals surface area (Å²) in [7, 11) is 1.92. The minimum atomic E-state index is 0.749. The van der Waals surface area contributed by atoms with E-state index in [-0.39, 0.29) is 0 Å². The van der Waals surface area contributed by atoms with Crippen molar-refractivity contribution in [2.45, 2.75) is 32.2 Å². The number of hydrogen-bond donors (Lipinski definition) is 1. The first-order valence-corrected chi connectivity index (χ1v) is 6.82. The molecule has 0 bridgehead atoms. The second kappa shape index (κ2) is 9.01. The molecule has 0 aliphatic rings. The molecule has 2 nitrogen and oxygen atoms in total. The van der Waals surface area contributed by atoms with E-state index >= 15 is 0 Å². The molecular weight excluding hydrogens is 246 g/mol. The van der Waals surface area contributed by atoms with E-state index in [1.807, 2.05) is 31.3 Å². The van der Waals surface area contributed by atoms with E-state index < -0.39 is 0 Å². The van der Waals surface area contributed by atoms with E-state index in [4.69, 9.17) is 16.3 Å². The highest BCUT2D eigenvalue weighted by molar-refractivity contribution is 6.30. The molecule has 0 aliphatic carbocycles. The Morgan fingerprint density at radius 1 is 1.33 bits per heavy atom. The minimum Gasteiger partial charge on any atom is -0.493 e. The first-order chi connectivity index (χ1) is 8.77. The number of nitrogens with one attached hydrogen (secondary N) is 1. The Morgan fingerprint density at radius 3 is 2.89 bits per heavy atom. The van der Waals surface area contributed by atoms with Gasteiger partial charge in [0.1, 0.15) is 5.75 Å². The standard InChI is InChI=1S/C15H22ClNO/c1-3-4-5-6-7-10-18-15-9-8-14(16)11-13(15)12-17-2/h3,8-9,11,17H,1,4-7,10,12H2,2H3. The van der Waals surface area contributed by atoms with Crippen LogP contribution in [0.1, 0.15) is 31.2 Å². The topological polar surface area (TPSA) is 21.3 Å². The van der Waals surface area contributed by atoms with Gasteiger partial charge < -0.3 is 10.1 Å². The molecule has 1 aromatic rings. The van der Waals surface area contributed by atoms with Crippen LogP contribution in [0.2, 0.25) is 5.02 Å². The second-order valence-corrected chi connectivity index (χ2v) is 4.71. The number of ether oxygens (including phenoxy) is 1. The van der Waals surface area contributed by atoms with Crippen LogP contribution in [0, 0.1) is 0 Å². The summed E-state index contributed by atoms with van der Waals surface area (Å²) < 4.78 is 5.80. The smallest absolute Gasteiger partial charge is 0.123 e. The Kier molecular flexibility index (Phi) is 7.54. The number of allylic oxidation sites excluding steroid dienone is 1. The molecule has 0 radical (unpaired) electrons. The first kappa shape index (κ1) is 15.1. The Bertz CT molecular complexity index is 366. The van der Waals surface area contributed by atoms with Crippen molar-refractivity contribution in [1.29, 1.82) is 0 Å². The van der Waals surface area contributed by atoms with Gasteiger partial charge in [-0.3, -0.25) is 0 Å². The summed E-state index contributed by atoms with van der Waals surface area (Å²) >= 11 is 5.98. The maximum Gasteiger partial charge on any atom is 0.123 e. The van der Waals surface area contributed by atoms with Gasteiger partial charge in [-0.2, -0.15) is 0 Å². The predicted octanol–water partition coefficient (Wildman–Crippen LogP) is 4.18. The van der Waals surface area contributed by atoms with E-state index in [1.54, 1.807) is 0 Å². The molecule has 0 unspecified atom stereocenters. The van der Waals surface area contributed by atoms with Crippen LogP contribution in [-0.4, -0.2) is 13.7 Å². The van der Waals surface area contributed by atoms with Gasteiger partial charge in [0.2, 0.25) is 0 Å². The fourth-order valence-corrected chi connectivity index (χ4v) is 1.96. The highest BCUT2D eigenvalue weighted by Crippen LogP contribution is 2.23. The first-order valence-electron chi connectivity index (χ1n) is 6.44. The van der Waals surface area contributed by atoms with Crippen LogP contribution < -0.4 is 10.1 Å². The van der Waals surface area contributed by atoms with Crippen molar-refractivity contribution >= 4 is 11.6 Å². The molecule has 0 fully saturated rings. The largest absolute Gasteiger partial charge is 0.493 e. The van der Waals surface area contributed by atoms with Gasteiger partial charge in [-0.25, -0.2) is 0 Å². The molecule has 0 saturated heterocycles. The van der Waals surface area contributed by atoms with Crippen LogP contribution in [0.3, 0.4) is 0 Å². The monoisotopic (exact) mass is 267 g/mol. The van der Waals surface area contributed by atoms with Gasteiger partial charge in [0.25, 0.3) is 0 Å². The highest BCUT2D eigenvalue weighted by Gasteiger charge is 2.03. The number of hydrogen-bond acceptors (Lipinski definition) is 2. The maximum absolute atomic E-state index is 5.98. The van der Waals surface area contributed by atoms with Crippen LogP contribution in [-0.2, 0) is 6.54 Å². The Balaban J connectivity index is 2.38. The number of rotatable bonds is 9. The summed E-state index contributed by atoms with van der Waals surface area (Å²) in [6.07, 6.45) is 6.50. The van der Waals surface area contributed by atoms with Gasteiger partial charge in [-0.05, 0) is 50.9 Å². The summed E-state index contributed by atoms with van der Waals surface area (Å²) in [6, 6.07) is 5.76. The lowest BCUT2D eigenvalue weighted by atomic mass is 10.2. The van der Waals surface area contributed by atoms with Gasteiger partial charge in [-0.1, -0.05) is 17.7 Å². The van der Waals surface area contributed by atoms with Gasteiger partial charge in [-0.15, -0.1) is 6.58 Å². The van der Waals surface area contributed by atoms with Crippen LogP contribution in [0.15, 0.2) is 30.9 Å². The Hall–Kier alpha value is -0.990. The van der Waals surface area contributed by atoms with Crippen molar-refractivity contribution < 1.29 is 4.74 Å². The lowest BCUT2D eigenvalue weighted by Gasteiger charge is -2.11. The van der Waals surface area contributed by atoms with Crippen molar-refractivity contribution in [3.8, 4) is 5.75 Å². The molecule has 0 atom stereocenters. The maximum atomic E-state index is 5.98. The van der Waals surface area contributed by atoms with Crippen LogP contribution >= 0.6 is 11.6 Å². The molecule has 0 spiro atoms. The van der Waals surface area contributed by atoms with Gasteiger partial charge in [0.15, 0.2) is 0 Å². The van der Waals surface area contributed by atoms with Crippen molar-refractivity contribution in [2.75, 3.05) is 13.7 Å². The van der Waals surface area contributed by atoms with E-state index in [9.17, 15) is 0 Å². The van der Waals surface area contributed by atoms with Crippen molar-refractivity contribution in [2.24, 2.45) is 0 Å². The normalized spacial score (nSPS) is 10.3. The van der Waals surface area contributed by atoms with E-state index in [0.717, 1.165) is 42.3 Å². The zero-order valence-corrected chi connectivity index (χ0v) is 11.8. The number of unbranched alkanes of at least 4 members (excludes halogenated alkanes) is 3. The van der Waals surface area contributed by atoms with Gasteiger partial charge in [0, 0.05) is 17.1 Å². The third-order valence-electron chi connectivity index (χ3n) is 2.70. The molecule has 0 aromatic heterocycles. The fourth-order valence-electron chi connectivity index (χ4n) is 1.77. The molecule has 100 valence electrons. The van der Waals surface area contributed by atoms with E-state index in [2.05, 4.69) is 11.9 Å². The molecule has 0 heterocycles. The average Bonchev–Trinajstić information content (AvgIpc) is 2.36. The van der Waals surface area contributed by atoms with E-state index in [1.165, 1.54) is 12.8 Å². The van der Waals surface area contributed by atoms with Gasteiger partial charge >= 0.3 is 0 Å². The molecule has 1 N–H and O–H groups in total. The summed E-state index contributed by atoms with van der Waals surface area (Å²) in [5.74, 6) is 0.928. The van der Waals surface area contributed by atoms with Crippen LogP contribution in [0.25, 0.3) is 0 Å². The third kappa shape index (κ3) is 5.56. The summed E-state index contributed by atoms with van der Waals surface area (Å²) in [4.78, 5) is 0. The van der Waals surface area contributed by atoms with Gasteiger partial charge in [0.05, 0.1) is 6.61 Å². The van der Waals surface area contributed by atoms with Crippen LogP contribution in [0.4, 0.5) is 0 Å². The van der Waals surface area contributed by atoms with Crippen molar-refractivity contribution in [3.05, 3.63) is 41.4 Å². The minimum absolute atomic E-state index is 0.749. The van der Waals surface area contributed by atoms with Crippen molar-refractivity contribution in [1.82, 2.24) is 5.32 Å². The molecular formula is C15H22ClNO. The molecule has 0 aliphatic heterocycles. The van der Waals surface area contributed by atoms with E-state index in [0.29, 0.717) is 0 Å². The molecule has 1 aromatic carbocycles. The van der Waals surface area contributed by atoms with Crippen LogP contribution in [0.5, 0.6) is 5.75 Å². The summed E-state index contributed by atoms with van der Waals surface area (Å²) in [5.41, 5.74) is 1.11. The molecule has 3 heteroatoms. The Labute approximate surface area is 115 Å². The summed E-state index contributed by atoms with van der Waals surface area (Å²) in [6.45, 7) is 5.25. The summed E-state index contributed by atoms with van der Waals surface area (Å²) in [5, 5.41) is 3.87. The Morgan fingerprint density at radius 2 is 2.17 bits per heavy atom. The SMILES string of the molecule is C=CCCCCCOc1ccc(Cl)cc1CNC. The molecule has 18 heavy (non-hydrogen) atoms. The lowest BCUT2D eigenvalue weighted by Crippen LogP contribution is -2.08. The second-order valence-electron chi connectivity index (χ2n) is 4.27. The zero-order valence-electron chi connectivity index (χ0n) is 11.0. The average molecular weight is 268 g/mol. The van der Waals surface area contributed by atoms with Crippen molar-refractivity contribution in [3.63, 3.8) is 0 Å². The fraction of sp³-hybridized carbons (Fsp3) is 0.467.